The zero-order valence-corrected chi connectivity index (χ0v) is 22.4. The standard InChI is InChI=1S/C29H38ClNO3/c1-17-8-10-21(11-9-17)16-24(33)27-18(2)25(22-12-14-23(30)15-13-22)26(19(3)31-27)28(20(4)32)34-29(5,6)7/h12-15,17,21,28H,8-11,16H2,1-7H3/t17?,21?,28-/m1/s1. The predicted octanol–water partition coefficient (Wildman–Crippen LogP) is 7.86. The van der Waals surface area contributed by atoms with E-state index < -0.39 is 11.7 Å². The quantitative estimate of drug-likeness (QED) is 0.376. The fraction of sp³-hybridized carbons (Fsp3) is 0.552. The summed E-state index contributed by atoms with van der Waals surface area (Å²) in [7, 11) is 0. The van der Waals surface area contributed by atoms with Crippen molar-refractivity contribution in [2.45, 2.75) is 92.3 Å². The van der Waals surface area contributed by atoms with Gasteiger partial charge in [-0.05, 0) is 95.0 Å². The molecule has 1 aromatic heterocycles. The summed E-state index contributed by atoms with van der Waals surface area (Å²) >= 11 is 6.17. The maximum absolute atomic E-state index is 13.5. The van der Waals surface area contributed by atoms with Crippen molar-refractivity contribution >= 4 is 23.2 Å². The van der Waals surface area contributed by atoms with Gasteiger partial charge < -0.3 is 4.74 Å². The normalized spacial score (nSPS) is 19.6. The van der Waals surface area contributed by atoms with Crippen molar-refractivity contribution in [3.63, 3.8) is 0 Å². The van der Waals surface area contributed by atoms with Crippen LogP contribution in [0.15, 0.2) is 24.3 Å². The van der Waals surface area contributed by atoms with E-state index in [0.717, 1.165) is 41.0 Å². The van der Waals surface area contributed by atoms with Gasteiger partial charge in [-0.2, -0.15) is 0 Å². The van der Waals surface area contributed by atoms with Crippen molar-refractivity contribution < 1.29 is 14.3 Å². The maximum atomic E-state index is 13.5. The number of ketones is 2. The van der Waals surface area contributed by atoms with E-state index in [2.05, 4.69) is 6.92 Å². The minimum atomic E-state index is -0.777. The number of ether oxygens (including phenoxy) is 1. The highest BCUT2D eigenvalue weighted by molar-refractivity contribution is 6.30. The summed E-state index contributed by atoms with van der Waals surface area (Å²) in [6.45, 7) is 13.4. The molecule has 34 heavy (non-hydrogen) atoms. The van der Waals surface area contributed by atoms with Gasteiger partial charge in [0.2, 0.25) is 0 Å². The summed E-state index contributed by atoms with van der Waals surface area (Å²) in [5.41, 5.74) is 3.89. The number of Topliss-reactive ketones (excluding diaryl/α,β-unsaturated/α-hetero) is 2. The van der Waals surface area contributed by atoms with Gasteiger partial charge in [-0.25, -0.2) is 4.98 Å². The van der Waals surface area contributed by atoms with Crippen LogP contribution >= 0.6 is 11.6 Å². The molecule has 0 N–H and O–H groups in total. The van der Waals surface area contributed by atoms with Gasteiger partial charge in [-0.1, -0.05) is 43.5 Å². The van der Waals surface area contributed by atoms with E-state index in [9.17, 15) is 9.59 Å². The molecule has 1 fully saturated rings. The number of carbonyl (C=O) groups is 2. The first-order valence-corrected chi connectivity index (χ1v) is 12.7. The highest BCUT2D eigenvalue weighted by Crippen LogP contribution is 2.39. The van der Waals surface area contributed by atoms with E-state index in [1.54, 1.807) is 6.92 Å². The lowest BCUT2D eigenvalue weighted by Gasteiger charge is -2.30. The van der Waals surface area contributed by atoms with E-state index >= 15 is 0 Å². The number of aryl methyl sites for hydroxylation is 1. The maximum Gasteiger partial charge on any atom is 0.181 e. The summed E-state index contributed by atoms with van der Waals surface area (Å²) in [5, 5.41) is 0.630. The van der Waals surface area contributed by atoms with E-state index in [4.69, 9.17) is 21.3 Å². The molecule has 1 aromatic carbocycles. The Kier molecular flexibility index (Phi) is 8.36. The highest BCUT2D eigenvalue weighted by Gasteiger charge is 2.32. The van der Waals surface area contributed by atoms with Crippen molar-refractivity contribution in [3.8, 4) is 11.1 Å². The molecule has 0 spiro atoms. The lowest BCUT2D eigenvalue weighted by Crippen LogP contribution is -2.28. The molecule has 0 aliphatic heterocycles. The van der Waals surface area contributed by atoms with Gasteiger partial charge in [-0.15, -0.1) is 0 Å². The van der Waals surface area contributed by atoms with Crippen LogP contribution in [0.1, 0.15) is 100 Å². The van der Waals surface area contributed by atoms with Crippen molar-refractivity contribution in [2.75, 3.05) is 0 Å². The Hall–Kier alpha value is -2.04. The molecule has 1 atom stereocenters. The minimum absolute atomic E-state index is 0.0815. The molecule has 184 valence electrons. The number of hydrogen-bond acceptors (Lipinski definition) is 4. The van der Waals surface area contributed by atoms with Gasteiger partial charge in [0.15, 0.2) is 11.6 Å². The Balaban J connectivity index is 2.13. The molecule has 5 heteroatoms. The number of pyridine rings is 1. The third-order valence-electron chi connectivity index (χ3n) is 6.78. The molecular formula is C29H38ClNO3. The third-order valence-corrected chi connectivity index (χ3v) is 7.03. The summed E-state index contributed by atoms with van der Waals surface area (Å²) in [6, 6.07) is 7.51. The van der Waals surface area contributed by atoms with Crippen LogP contribution in [0.2, 0.25) is 5.02 Å². The minimum Gasteiger partial charge on any atom is -0.360 e. The van der Waals surface area contributed by atoms with Gasteiger partial charge in [0.05, 0.1) is 5.60 Å². The van der Waals surface area contributed by atoms with E-state index in [-0.39, 0.29) is 11.6 Å². The van der Waals surface area contributed by atoms with Crippen molar-refractivity contribution in [1.29, 1.82) is 0 Å². The molecule has 3 rings (SSSR count). The Labute approximate surface area is 209 Å². The second-order valence-corrected chi connectivity index (χ2v) is 11.4. The Morgan fingerprint density at radius 3 is 2.21 bits per heavy atom. The van der Waals surface area contributed by atoms with Crippen LogP contribution in [-0.4, -0.2) is 22.2 Å². The van der Waals surface area contributed by atoms with Crippen molar-refractivity contribution in [3.05, 3.63) is 51.8 Å². The fourth-order valence-corrected chi connectivity index (χ4v) is 5.11. The van der Waals surface area contributed by atoms with Crippen LogP contribution in [0.4, 0.5) is 0 Å². The highest BCUT2D eigenvalue weighted by atomic mass is 35.5. The summed E-state index contributed by atoms with van der Waals surface area (Å²) < 4.78 is 6.24. The lowest BCUT2D eigenvalue weighted by molar-refractivity contribution is -0.138. The molecule has 0 unspecified atom stereocenters. The summed E-state index contributed by atoms with van der Waals surface area (Å²) in [5.74, 6) is 1.15. The first-order valence-electron chi connectivity index (χ1n) is 12.4. The molecule has 4 nitrogen and oxygen atoms in total. The molecule has 0 bridgehead atoms. The molecule has 1 saturated carbocycles. The van der Waals surface area contributed by atoms with Crippen LogP contribution in [0.3, 0.4) is 0 Å². The van der Waals surface area contributed by atoms with Crippen LogP contribution in [0.5, 0.6) is 0 Å². The number of halogens is 1. The predicted molar refractivity (Wildman–Crippen MR) is 138 cm³/mol. The van der Waals surface area contributed by atoms with Gasteiger partial charge in [-0.3, -0.25) is 9.59 Å². The van der Waals surface area contributed by atoms with Crippen LogP contribution in [0, 0.1) is 25.7 Å². The second kappa shape index (κ2) is 10.7. The van der Waals surface area contributed by atoms with Crippen LogP contribution in [0.25, 0.3) is 11.1 Å². The fourth-order valence-electron chi connectivity index (χ4n) is 4.98. The summed E-state index contributed by atoms with van der Waals surface area (Å²) in [6.07, 6.45) is 4.30. The van der Waals surface area contributed by atoms with E-state index in [1.165, 1.54) is 12.8 Å². The van der Waals surface area contributed by atoms with Crippen molar-refractivity contribution in [2.24, 2.45) is 11.8 Å². The second-order valence-electron chi connectivity index (χ2n) is 10.9. The van der Waals surface area contributed by atoms with Crippen LogP contribution < -0.4 is 0 Å². The Morgan fingerprint density at radius 2 is 1.68 bits per heavy atom. The van der Waals surface area contributed by atoms with Gasteiger partial charge in [0.25, 0.3) is 0 Å². The molecule has 1 aliphatic rings. The SMILES string of the molecule is CC(=O)[C@@H](OC(C)(C)C)c1c(C)nc(C(=O)CC2CCC(C)CC2)c(C)c1-c1ccc(Cl)cc1. The number of carbonyl (C=O) groups excluding carboxylic acids is 2. The molecular weight excluding hydrogens is 446 g/mol. The summed E-state index contributed by atoms with van der Waals surface area (Å²) in [4.78, 5) is 31.0. The van der Waals surface area contributed by atoms with E-state index in [0.29, 0.717) is 28.7 Å². The lowest BCUT2D eigenvalue weighted by atomic mass is 9.80. The van der Waals surface area contributed by atoms with Gasteiger partial charge in [0, 0.05) is 22.7 Å². The Morgan fingerprint density at radius 1 is 1.09 bits per heavy atom. The third kappa shape index (κ3) is 6.34. The number of aromatic nitrogens is 1. The Bertz CT molecular complexity index is 1040. The average Bonchev–Trinajstić information content (AvgIpc) is 2.75. The molecule has 0 amide bonds. The number of hydrogen-bond donors (Lipinski definition) is 0. The largest absolute Gasteiger partial charge is 0.360 e. The van der Waals surface area contributed by atoms with E-state index in [1.807, 2.05) is 58.9 Å². The molecule has 0 saturated heterocycles. The topological polar surface area (TPSA) is 56.3 Å². The first-order chi connectivity index (χ1) is 15.9. The average molecular weight is 484 g/mol. The zero-order chi connectivity index (χ0) is 25.2. The number of rotatable bonds is 7. The first kappa shape index (κ1) is 26.6. The monoisotopic (exact) mass is 483 g/mol. The van der Waals surface area contributed by atoms with Gasteiger partial charge in [0.1, 0.15) is 11.8 Å². The number of benzene rings is 1. The van der Waals surface area contributed by atoms with Crippen molar-refractivity contribution in [1.82, 2.24) is 4.98 Å². The molecule has 1 aliphatic carbocycles. The van der Waals surface area contributed by atoms with Crippen LogP contribution in [-0.2, 0) is 9.53 Å². The zero-order valence-electron chi connectivity index (χ0n) is 21.6. The molecule has 2 aromatic rings. The molecule has 0 radical (unpaired) electrons. The smallest absolute Gasteiger partial charge is 0.181 e. The molecule has 1 heterocycles. The number of nitrogens with zero attached hydrogens (tertiary/aromatic N) is 1. The van der Waals surface area contributed by atoms with Gasteiger partial charge >= 0.3 is 0 Å².